The highest BCUT2D eigenvalue weighted by molar-refractivity contribution is 6.05. The number of aromatic nitrogens is 2. The average Bonchev–Trinajstić information content (AvgIpc) is 2.83. The Hall–Kier alpha value is -2.58. The summed E-state index contributed by atoms with van der Waals surface area (Å²) in [6, 6.07) is 0. The van der Waals surface area contributed by atoms with Crippen molar-refractivity contribution < 1.29 is 19.2 Å². The number of aryl methyl sites for hydroxylation is 1. The van der Waals surface area contributed by atoms with E-state index in [-0.39, 0.29) is 30.9 Å². The van der Waals surface area contributed by atoms with E-state index >= 15 is 0 Å². The molecule has 1 amide bonds. The molecule has 1 aromatic rings. The molecular formula is C13H16N4O5. The van der Waals surface area contributed by atoms with Gasteiger partial charge in [0.2, 0.25) is 11.7 Å². The number of rotatable bonds is 4. The van der Waals surface area contributed by atoms with Crippen LogP contribution in [0.1, 0.15) is 32.0 Å². The van der Waals surface area contributed by atoms with E-state index in [0.29, 0.717) is 0 Å². The van der Waals surface area contributed by atoms with Gasteiger partial charge in [0.1, 0.15) is 17.6 Å². The van der Waals surface area contributed by atoms with E-state index in [9.17, 15) is 19.7 Å². The number of carbonyl (C=O) groups is 2. The van der Waals surface area contributed by atoms with Gasteiger partial charge < -0.3 is 4.74 Å². The highest BCUT2D eigenvalue weighted by Gasteiger charge is 2.54. The van der Waals surface area contributed by atoms with Crippen molar-refractivity contribution in [2.45, 2.75) is 38.6 Å². The zero-order valence-corrected chi connectivity index (χ0v) is 12.5. The van der Waals surface area contributed by atoms with Crippen LogP contribution >= 0.6 is 0 Å². The lowest BCUT2D eigenvalue weighted by atomic mass is 9.93. The molecule has 0 aromatic carbocycles. The van der Waals surface area contributed by atoms with Crippen molar-refractivity contribution in [3.63, 3.8) is 0 Å². The van der Waals surface area contributed by atoms with E-state index < -0.39 is 28.0 Å². The van der Waals surface area contributed by atoms with Crippen LogP contribution in [0.4, 0.5) is 11.5 Å². The van der Waals surface area contributed by atoms with Crippen LogP contribution in [-0.4, -0.2) is 39.4 Å². The van der Waals surface area contributed by atoms with Gasteiger partial charge in [0, 0.05) is 6.42 Å². The number of hydrogen-bond donors (Lipinski definition) is 0. The fourth-order valence-corrected chi connectivity index (χ4v) is 2.70. The number of nitrogens with zero attached hydrogens (tertiary/aromatic N) is 4. The fraction of sp³-hybridized carbons (Fsp3) is 0.538. The molecule has 0 saturated carbocycles. The van der Waals surface area contributed by atoms with Crippen LogP contribution in [0.15, 0.2) is 6.20 Å². The minimum Gasteiger partial charge on any atom is -0.467 e. The number of anilines is 1. The summed E-state index contributed by atoms with van der Waals surface area (Å²) in [5.41, 5.74) is -1.68. The second-order valence-corrected chi connectivity index (χ2v) is 4.99. The Labute approximate surface area is 126 Å². The number of carbonyl (C=O) groups excluding carboxylic acids is 2. The van der Waals surface area contributed by atoms with Gasteiger partial charge in [-0.1, -0.05) is 6.92 Å². The molecule has 0 N–H and O–H groups in total. The number of methoxy groups -OCH3 is 1. The van der Waals surface area contributed by atoms with E-state index in [4.69, 9.17) is 4.74 Å². The third kappa shape index (κ3) is 2.28. The highest BCUT2D eigenvalue weighted by atomic mass is 16.6. The molecule has 1 saturated heterocycles. The molecule has 0 radical (unpaired) electrons. The first kappa shape index (κ1) is 15.8. The van der Waals surface area contributed by atoms with Crippen molar-refractivity contribution in [2.24, 2.45) is 0 Å². The fourth-order valence-electron chi connectivity index (χ4n) is 2.70. The summed E-state index contributed by atoms with van der Waals surface area (Å²) >= 11 is 0. The van der Waals surface area contributed by atoms with Crippen molar-refractivity contribution in [2.75, 3.05) is 12.0 Å². The van der Waals surface area contributed by atoms with Crippen LogP contribution < -0.4 is 4.90 Å². The summed E-state index contributed by atoms with van der Waals surface area (Å²) in [6.07, 6.45) is 1.64. The molecule has 22 heavy (non-hydrogen) atoms. The van der Waals surface area contributed by atoms with Gasteiger partial charge in [0.15, 0.2) is 0 Å². The molecule has 1 aliphatic rings. The Balaban J connectivity index is 2.67. The molecule has 1 aliphatic heterocycles. The molecule has 0 aliphatic carbocycles. The zero-order chi connectivity index (χ0) is 16.5. The maximum atomic E-state index is 12.3. The Morgan fingerprint density at radius 1 is 1.59 bits per heavy atom. The predicted molar refractivity (Wildman–Crippen MR) is 75.2 cm³/mol. The largest absolute Gasteiger partial charge is 0.467 e. The second-order valence-electron chi connectivity index (χ2n) is 4.99. The lowest BCUT2D eigenvalue weighted by Gasteiger charge is -2.33. The molecule has 1 atom stereocenters. The molecule has 0 unspecified atom stereocenters. The van der Waals surface area contributed by atoms with Gasteiger partial charge in [-0.15, -0.1) is 0 Å². The number of nitro groups is 1. The second kappa shape index (κ2) is 5.66. The van der Waals surface area contributed by atoms with Crippen LogP contribution in [0.5, 0.6) is 0 Å². The van der Waals surface area contributed by atoms with E-state index in [0.717, 1.165) is 11.1 Å². The lowest BCUT2D eigenvalue weighted by Crippen LogP contribution is -2.53. The molecule has 2 heterocycles. The van der Waals surface area contributed by atoms with Crippen LogP contribution in [0, 0.1) is 17.0 Å². The quantitative estimate of drug-likeness (QED) is 0.465. The molecule has 1 fully saturated rings. The predicted octanol–water partition coefficient (Wildman–Crippen LogP) is 1.14. The van der Waals surface area contributed by atoms with Crippen LogP contribution in [0.25, 0.3) is 0 Å². The number of hydrogen-bond acceptors (Lipinski definition) is 7. The molecule has 0 spiro atoms. The van der Waals surface area contributed by atoms with Gasteiger partial charge >= 0.3 is 11.7 Å². The Morgan fingerprint density at radius 3 is 2.82 bits per heavy atom. The van der Waals surface area contributed by atoms with Gasteiger partial charge in [-0.25, -0.2) is 14.8 Å². The average molecular weight is 308 g/mol. The third-order valence-corrected chi connectivity index (χ3v) is 3.86. The number of esters is 1. The van der Waals surface area contributed by atoms with Gasteiger partial charge in [0.05, 0.1) is 12.0 Å². The van der Waals surface area contributed by atoms with Crippen LogP contribution in [-0.2, 0) is 14.3 Å². The highest BCUT2D eigenvalue weighted by Crippen LogP contribution is 2.40. The topological polar surface area (TPSA) is 116 Å². The van der Waals surface area contributed by atoms with Gasteiger partial charge in [0.25, 0.3) is 0 Å². The summed E-state index contributed by atoms with van der Waals surface area (Å²) < 4.78 is 4.81. The van der Waals surface area contributed by atoms with Gasteiger partial charge in [-0.2, -0.15) is 0 Å². The monoisotopic (exact) mass is 308 g/mol. The molecule has 118 valence electrons. The van der Waals surface area contributed by atoms with Crippen molar-refractivity contribution >= 4 is 23.4 Å². The molecule has 9 nitrogen and oxygen atoms in total. The normalized spacial score (nSPS) is 21.0. The first-order valence-electron chi connectivity index (χ1n) is 6.77. The molecule has 1 aromatic heterocycles. The first-order valence-corrected chi connectivity index (χ1v) is 6.77. The van der Waals surface area contributed by atoms with Gasteiger partial charge in [-0.3, -0.25) is 19.8 Å². The molecule has 0 bridgehead atoms. The van der Waals surface area contributed by atoms with E-state index in [1.807, 2.05) is 0 Å². The minimum absolute atomic E-state index is 0.100. The van der Waals surface area contributed by atoms with Crippen molar-refractivity contribution in [1.29, 1.82) is 0 Å². The number of ether oxygens (including phenoxy) is 1. The van der Waals surface area contributed by atoms with Crippen molar-refractivity contribution in [1.82, 2.24) is 9.97 Å². The molecular weight excluding hydrogens is 292 g/mol. The lowest BCUT2D eigenvalue weighted by molar-refractivity contribution is -0.384. The number of amides is 1. The zero-order valence-electron chi connectivity index (χ0n) is 12.5. The Morgan fingerprint density at radius 2 is 2.27 bits per heavy atom. The maximum Gasteiger partial charge on any atom is 0.332 e. The summed E-state index contributed by atoms with van der Waals surface area (Å²) in [4.78, 5) is 44.0. The first-order chi connectivity index (χ1) is 10.4. The van der Waals surface area contributed by atoms with E-state index in [2.05, 4.69) is 9.97 Å². The Bertz CT molecular complexity index is 647. The van der Waals surface area contributed by atoms with E-state index in [1.165, 1.54) is 7.11 Å². The van der Waals surface area contributed by atoms with Crippen LogP contribution in [0.3, 0.4) is 0 Å². The third-order valence-electron chi connectivity index (χ3n) is 3.86. The van der Waals surface area contributed by atoms with Crippen LogP contribution in [0.2, 0.25) is 0 Å². The summed E-state index contributed by atoms with van der Waals surface area (Å²) in [5.74, 6) is -0.887. The van der Waals surface area contributed by atoms with E-state index in [1.54, 1.807) is 13.8 Å². The molecule has 2 rings (SSSR count). The molecule has 9 heteroatoms. The van der Waals surface area contributed by atoms with Gasteiger partial charge in [-0.05, 0) is 19.8 Å². The SMILES string of the molecule is CC[C@@]1(C(=O)OC)CCC(=O)N1c1nc(C)ncc1[N+](=O)[O-]. The Kier molecular flexibility index (Phi) is 4.07. The van der Waals surface area contributed by atoms with Crippen molar-refractivity contribution in [3.8, 4) is 0 Å². The summed E-state index contributed by atoms with van der Waals surface area (Å²) in [7, 11) is 1.22. The standard InChI is InChI=1S/C13H16N4O5/c1-4-13(12(19)22-3)6-5-10(18)16(13)11-9(17(20)21)7-14-8(2)15-11/h7H,4-6H2,1-3H3/t13-/m0/s1. The van der Waals surface area contributed by atoms with Crippen molar-refractivity contribution in [3.05, 3.63) is 22.1 Å². The summed E-state index contributed by atoms with van der Waals surface area (Å²) in [5, 5.41) is 11.2. The minimum atomic E-state index is -1.27. The smallest absolute Gasteiger partial charge is 0.332 e. The summed E-state index contributed by atoms with van der Waals surface area (Å²) in [6.45, 7) is 3.28. The maximum absolute atomic E-state index is 12.3.